The van der Waals surface area contributed by atoms with Crippen LogP contribution in [-0.4, -0.2) is 70.2 Å². The van der Waals surface area contributed by atoms with Crippen LogP contribution >= 0.6 is 0 Å². The highest BCUT2D eigenvalue weighted by Gasteiger charge is 2.29. The summed E-state index contributed by atoms with van der Waals surface area (Å²) in [6, 6.07) is 9.00. The zero-order chi connectivity index (χ0) is 16.2. The number of ether oxygens (including phenoxy) is 1. The van der Waals surface area contributed by atoms with Crippen molar-refractivity contribution in [2.24, 2.45) is 0 Å². The molecule has 0 aromatic heterocycles. The van der Waals surface area contributed by atoms with E-state index < -0.39 is 20.0 Å². The molecular weight excluding hydrogens is 328 g/mol. The van der Waals surface area contributed by atoms with Crippen molar-refractivity contribution in [2.45, 2.75) is 0 Å². The molecule has 1 saturated heterocycles. The smallest absolute Gasteiger partial charge is 0.217 e. The van der Waals surface area contributed by atoms with Gasteiger partial charge in [0.05, 0.1) is 12.0 Å². The summed E-state index contributed by atoms with van der Waals surface area (Å²) < 4.78 is 55.2. The molecule has 1 aromatic rings. The first-order valence-electron chi connectivity index (χ1n) is 6.90. The van der Waals surface area contributed by atoms with Gasteiger partial charge in [-0.25, -0.2) is 16.8 Å². The van der Waals surface area contributed by atoms with Crippen LogP contribution in [0.5, 0.6) is 5.75 Å². The van der Waals surface area contributed by atoms with Crippen molar-refractivity contribution in [1.29, 1.82) is 0 Å². The van der Waals surface area contributed by atoms with Gasteiger partial charge in [0.2, 0.25) is 20.0 Å². The van der Waals surface area contributed by atoms with Crippen molar-refractivity contribution < 1.29 is 21.6 Å². The van der Waals surface area contributed by atoms with Crippen LogP contribution in [0.25, 0.3) is 0 Å². The molecule has 1 fully saturated rings. The molecule has 9 heteroatoms. The molecule has 1 aliphatic rings. The third kappa shape index (κ3) is 4.67. The molecule has 0 aliphatic carbocycles. The zero-order valence-corrected chi connectivity index (χ0v) is 14.0. The molecule has 22 heavy (non-hydrogen) atoms. The Balaban J connectivity index is 1.84. The summed E-state index contributed by atoms with van der Waals surface area (Å²) in [7, 11) is -6.70. The molecule has 0 N–H and O–H groups in total. The number of para-hydroxylation sites is 1. The molecule has 1 heterocycles. The molecule has 0 unspecified atom stereocenters. The van der Waals surface area contributed by atoms with E-state index in [0.29, 0.717) is 5.75 Å². The van der Waals surface area contributed by atoms with Crippen molar-refractivity contribution in [3.05, 3.63) is 30.3 Å². The van der Waals surface area contributed by atoms with Crippen LogP contribution < -0.4 is 4.74 Å². The number of rotatable bonds is 6. The lowest BCUT2D eigenvalue weighted by Crippen LogP contribution is -2.51. The Bertz CT molecular complexity index is 680. The summed E-state index contributed by atoms with van der Waals surface area (Å²) in [5.74, 6) is 0.500. The van der Waals surface area contributed by atoms with Crippen molar-refractivity contribution in [1.82, 2.24) is 8.61 Å². The minimum absolute atomic E-state index is 0.0681. The summed E-state index contributed by atoms with van der Waals surface area (Å²) in [5, 5.41) is 0. The monoisotopic (exact) mass is 348 g/mol. The minimum Gasteiger partial charge on any atom is -0.492 e. The summed E-state index contributed by atoms with van der Waals surface area (Å²) in [6.07, 6.45) is 1.13. The molecule has 0 amide bonds. The summed E-state index contributed by atoms with van der Waals surface area (Å²) in [4.78, 5) is 0. The first-order chi connectivity index (χ1) is 10.3. The number of hydrogen-bond donors (Lipinski definition) is 0. The van der Waals surface area contributed by atoms with E-state index in [-0.39, 0.29) is 38.5 Å². The standard InChI is InChI=1S/C13H20N2O5S2/c1-21(16,17)14-7-9-15(10-8-14)22(18,19)12-11-20-13-5-3-2-4-6-13/h2-6H,7-12H2,1H3. The van der Waals surface area contributed by atoms with Crippen molar-refractivity contribution in [3.63, 3.8) is 0 Å². The van der Waals surface area contributed by atoms with Gasteiger partial charge in [0.15, 0.2) is 0 Å². The Morgan fingerprint density at radius 1 is 0.955 bits per heavy atom. The average Bonchev–Trinajstić information content (AvgIpc) is 2.47. The maximum Gasteiger partial charge on any atom is 0.217 e. The van der Waals surface area contributed by atoms with Crippen LogP contribution in [0.1, 0.15) is 0 Å². The number of benzene rings is 1. The van der Waals surface area contributed by atoms with Crippen LogP contribution in [0.4, 0.5) is 0 Å². The molecule has 1 aromatic carbocycles. The average molecular weight is 348 g/mol. The van der Waals surface area contributed by atoms with Gasteiger partial charge in [-0.2, -0.15) is 8.61 Å². The summed E-state index contributed by atoms with van der Waals surface area (Å²) >= 11 is 0. The summed E-state index contributed by atoms with van der Waals surface area (Å²) in [5.41, 5.74) is 0. The van der Waals surface area contributed by atoms with Crippen LogP contribution in [0.3, 0.4) is 0 Å². The van der Waals surface area contributed by atoms with E-state index in [4.69, 9.17) is 4.74 Å². The molecule has 0 atom stereocenters. The van der Waals surface area contributed by atoms with Gasteiger partial charge in [-0.1, -0.05) is 18.2 Å². The third-order valence-electron chi connectivity index (χ3n) is 3.41. The Labute approximate surface area is 131 Å². The van der Waals surface area contributed by atoms with Gasteiger partial charge in [0.25, 0.3) is 0 Å². The second-order valence-electron chi connectivity index (χ2n) is 5.04. The molecule has 1 aliphatic heterocycles. The SMILES string of the molecule is CS(=O)(=O)N1CCN(S(=O)(=O)CCOc2ccccc2)CC1. The van der Waals surface area contributed by atoms with E-state index in [9.17, 15) is 16.8 Å². The van der Waals surface area contributed by atoms with Crippen LogP contribution in [0, 0.1) is 0 Å². The second-order valence-corrected chi connectivity index (χ2v) is 9.11. The van der Waals surface area contributed by atoms with Gasteiger partial charge in [-0.3, -0.25) is 0 Å². The summed E-state index contributed by atoms with van der Waals surface area (Å²) in [6.45, 7) is 0.815. The fraction of sp³-hybridized carbons (Fsp3) is 0.538. The van der Waals surface area contributed by atoms with Crippen molar-refractivity contribution in [3.8, 4) is 5.75 Å². The van der Waals surface area contributed by atoms with Gasteiger partial charge < -0.3 is 4.74 Å². The van der Waals surface area contributed by atoms with Crippen molar-refractivity contribution >= 4 is 20.0 Å². The quantitative estimate of drug-likeness (QED) is 0.721. The minimum atomic E-state index is -3.44. The number of hydrogen-bond acceptors (Lipinski definition) is 5. The fourth-order valence-electron chi connectivity index (χ4n) is 2.19. The molecular formula is C13H20N2O5S2. The van der Waals surface area contributed by atoms with Crippen LogP contribution in [0.2, 0.25) is 0 Å². The molecule has 124 valence electrons. The van der Waals surface area contributed by atoms with Gasteiger partial charge in [-0.15, -0.1) is 0 Å². The van der Waals surface area contributed by atoms with E-state index in [0.717, 1.165) is 6.26 Å². The van der Waals surface area contributed by atoms with E-state index in [2.05, 4.69) is 0 Å². The maximum absolute atomic E-state index is 12.2. The van der Waals surface area contributed by atoms with E-state index >= 15 is 0 Å². The van der Waals surface area contributed by atoms with Crippen LogP contribution in [-0.2, 0) is 20.0 Å². The van der Waals surface area contributed by atoms with E-state index in [1.807, 2.05) is 18.2 Å². The normalized spacial score (nSPS) is 18.2. The highest BCUT2D eigenvalue weighted by Crippen LogP contribution is 2.12. The number of piperazine rings is 1. The number of nitrogens with zero attached hydrogens (tertiary/aromatic N) is 2. The predicted molar refractivity (Wildman–Crippen MR) is 83.7 cm³/mol. The fourth-order valence-corrected chi connectivity index (χ4v) is 4.29. The van der Waals surface area contributed by atoms with E-state index in [1.165, 1.54) is 8.61 Å². The topological polar surface area (TPSA) is 84.0 Å². The zero-order valence-electron chi connectivity index (χ0n) is 12.4. The third-order valence-corrected chi connectivity index (χ3v) is 6.55. The lowest BCUT2D eigenvalue weighted by Gasteiger charge is -2.32. The highest BCUT2D eigenvalue weighted by molar-refractivity contribution is 7.89. The maximum atomic E-state index is 12.2. The first kappa shape index (κ1) is 17.2. The van der Waals surface area contributed by atoms with E-state index in [1.54, 1.807) is 12.1 Å². The lowest BCUT2D eigenvalue weighted by atomic mass is 10.3. The molecule has 2 rings (SSSR count). The predicted octanol–water partition coefficient (Wildman–Crippen LogP) is -0.0276. The lowest BCUT2D eigenvalue weighted by molar-refractivity contribution is 0.270. The first-order valence-corrected chi connectivity index (χ1v) is 10.4. The Hall–Kier alpha value is -1.16. The van der Waals surface area contributed by atoms with Gasteiger partial charge in [-0.05, 0) is 12.1 Å². The second kappa shape index (κ2) is 6.95. The van der Waals surface area contributed by atoms with Gasteiger partial charge >= 0.3 is 0 Å². The highest BCUT2D eigenvalue weighted by atomic mass is 32.2. The van der Waals surface area contributed by atoms with Gasteiger partial charge in [0.1, 0.15) is 12.4 Å². The molecule has 0 saturated carbocycles. The largest absolute Gasteiger partial charge is 0.492 e. The van der Waals surface area contributed by atoms with Crippen molar-refractivity contribution in [2.75, 3.05) is 44.8 Å². The Morgan fingerprint density at radius 3 is 2.05 bits per heavy atom. The molecule has 0 radical (unpaired) electrons. The Kier molecular flexibility index (Phi) is 5.43. The molecule has 7 nitrogen and oxygen atoms in total. The van der Waals surface area contributed by atoms with Gasteiger partial charge in [0, 0.05) is 26.2 Å². The number of sulfonamides is 2. The van der Waals surface area contributed by atoms with Crippen LogP contribution in [0.15, 0.2) is 30.3 Å². The Morgan fingerprint density at radius 2 is 1.50 bits per heavy atom. The molecule has 0 bridgehead atoms. The molecule has 0 spiro atoms.